The molecule has 1 aliphatic rings. The van der Waals surface area contributed by atoms with Crippen molar-refractivity contribution in [2.75, 3.05) is 11.5 Å². The highest BCUT2D eigenvalue weighted by Gasteiger charge is 2.47. The largest absolute Gasteiger partial charge is 0.508 e. The SMILES string of the molecule is CCCOc1ccc(/C(O)=C2/C(=O)C(=O)N(c3ccc(F)cc3)C2c2ccc(O)cc2)cc1C. The van der Waals surface area contributed by atoms with E-state index in [1.807, 2.05) is 13.8 Å². The standard InChI is InChI=1S/C27H24FNO5/c1-3-14-34-22-13-6-18(15-16(22)2)25(31)23-24(17-4-11-21(30)12-5-17)29(27(33)26(23)32)20-9-7-19(28)8-10-20/h4-13,15,24,30-31H,3,14H2,1-2H3/b25-23-. The number of aryl methyl sites for hydroxylation is 1. The summed E-state index contributed by atoms with van der Waals surface area (Å²) in [6.45, 7) is 4.38. The molecule has 1 aliphatic heterocycles. The number of benzene rings is 3. The smallest absolute Gasteiger partial charge is 0.300 e. The summed E-state index contributed by atoms with van der Waals surface area (Å²) >= 11 is 0. The molecule has 1 atom stereocenters. The Morgan fingerprint density at radius 3 is 2.32 bits per heavy atom. The van der Waals surface area contributed by atoms with Crippen LogP contribution in [0.2, 0.25) is 0 Å². The van der Waals surface area contributed by atoms with Crippen LogP contribution in [0.25, 0.3) is 5.76 Å². The van der Waals surface area contributed by atoms with Crippen LogP contribution in [-0.4, -0.2) is 28.5 Å². The number of aromatic hydroxyl groups is 1. The topological polar surface area (TPSA) is 87.1 Å². The van der Waals surface area contributed by atoms with E-state index in [9.17, 15) is 24.2 Å². The van der Waals surface area contributed by atoms with Crippen molar-refractivity contribution in [1.29, 1.82) is 0 Å². The Labute approximate surface area is 196 Å². The Balaban J connectivity index is 1.87. The third-order valence-corrected chi connectivity index (χ3v) is 5.67. The Hall–Kier alpha value is -4.13. The molecule has 2 N–H and O–H groups in total. The first-order valence-corrected chi connectivity index (χ1v) is 10.9. The fraction of sp³-hybridized carbons (Fsp3) is 0.185. The number of hydrogen-bond donors (Lipinski definition) is 2. The molecule has 6 nitrogen and oxygen atoms in total. The molecule has 3 aromatic rings. The zero-order chi connectivity index (χ0) is 24.4. The summed E-state index contributed by atoms with van der Waals surface area (Å²) < 4.78 is 19.2. The van der Waals surface area contributed by atoms with Crippen molar-refractivity contribution in [3.63, 3.8) is 0 Å². The number of carbonyl (C=O) groups is 2. The highest BCUT2D eigenvalue weighted by atomic mass is 19.1. The number of amides is 1. The number of hydrogen-bond acceptors (Lipinski definition) is 5. The third-order valence-electron chi connectivity index (χ3n) is 5.67. The van der Waals surface area contributed by atoms with E-state index in [1.54, 1.807) is 30.3 Å². The van der Waals surface area contributed by atoms with Crippen LogP contribution in [-0.2, 0) is 9.59 Å². The van der Waals surface area contributed by atoms with E-state index in [2.05, 4.69) is 0 Å². The van der Waals surface area contributed by atoms with Crippen molar-refractivity contribution in [2.45, 2.75) is 26.3 Å². The number of anilines is 1. The first-order chi connectivity index (χ1) is 16.3. The van der Waals surface area contributed by atoms with Gasteiger partial charge in [0.1, 0.15) is 23.1 Å². The minimum atomic E-state index is -0.970. The average Bonchev–Trinajstić information content (AvgIpc) is 3.09. The molecule has 34 heavy (non-hydrogen) atoms. The number of Topliss-reactive ketones (excluding diaryl/α,β-unsaturated/α-hetero) is 1. The van der Waals surface area contributed by atoms with E-state index in [-0.39, 0.29) is 17.1 Å². The number of halogens is 1. The van der Waals surface area contributed by atoms with Crippen molar-refractivity contribution < 1.29 is 28.9 Å². The van der Waals surface area contributed by atoms with Gasteiger partial charge in [-0.3, -0.25) is 14.5 Å². The molecule has 1 fully saturated rings. The molecule has 0 bridgehead atoms. The summed E-state index contributed by atoms with van der Waals surface area (Å²) in [5.74, 6) is -1.83. The minimum absolute atomic E-state index is 0.0146. The second-order valence-electron chi connectivity index (χ2n) is 8.07. The number of aliphatic hydroxyl groups is 1. The molecule has 174 valence electrons. The molecule has 0 saturated carbocycles. The van der Waals surface area contributed by atoms with E-state index in [4.69, 9.17) is 4.74 Å². The summed E-state index contributed by atoms with van der Waals surface area (Å²) in [5, 5.41) is 21.0. The molecule has 1 amide bonds. The van der Waals surface area contributed by atoms with Crippen molar-refractivity contribution in [1.82, 2.24) is 0 Å². The Morgan fingerprint density at radius 2 is 1.71 bits per heavy atom. The molecular weight excluding hydrogens is 437 g/mol. The maximum Gasteiger partial charge on any atom is 0.300 e. The van der Waals surface area contributed by atoms with Crippen LogP contribution in [0.15, 0.2) is 72.3 Å². The summed E-state index contributed by atoms with van der Waals surface area (Å²) in [6.07, 6.45) is 0.848. The lowest BCUT2D eigenvalue weighted by molar-refractivity contribution is -0.132. The number of ketones is 1. The second kappa shape index (κ2) is 9.39. The lowest BCUT2D eigenvalue weighted by atomic mass is 9.94. The highest BCUT2D eigenvalue weighted by Crippen LogP contribution is 2.42. The monoisotopic (exact) mass is 461 g/mol. The van der Waals surface area contributed by atoms with Crippen molar-refractivity contribution >= 4 is 23.1 Å². The summed E-state index contributed by atoms with van der Waals surface area (Å²) in [7, 11) is 0. The maximum absolute atomic E-state index is 13.5. The zero-order valence-corrected chi connectivity index (χ0v) is 18.8. The lowest BCUT2D eigenvalue weighted by Gasteiger charge is -2.25. The Bertz CT molecular complexity index is 1270. The fourth-order valence-corrected chi connectivity index (χ4v) is 4.00. The van der Waals surface area contributed by atoms with E-state index in [0.29, 0.717) is 29.2 Å². The first-order valence-electron chi connectivity index (χ1n) is 10.9. The number of carbonyl (C=O) groups excluding carboxylic acids is 2. The van der Waals surface area contributed by atoms with E-state index >= 15 is 0 Å². The van der Waals surface area contributed by atoms with Gasteiger partial charge in [0.2, 0.25) is 0 Å². The summed E-state index contributed by atoms with van der Waals surface area (Å²) in [6, 6.07) is 15.3. The van der Waals surface area contributed by atoms with E-state index in [1.165, 1.54) is 41.3 Å². The van der Waals surface area contributed by atoms with Gasteiger partial charge in [0.15, 0.2) is 0 Å². The van der Waals surface area contributed by atoms with Gasteiger partial charge in [-0.25, -0.2) is 4.39 Å². The van der Waals surface area contributed by atoms with Crippen LogP contribution < -0.4 is 9.64 Å². The molecule has 1 saturated heterocycles. The van der Waals surface area contributed by atoms with Gasteiger partial charge in [0, 0.05) is 11.3 Å². The molecule has 0 aliphatic carbocycles. The second-order valence-corrected chi connectivity index (χ2v) is 8.07. The Morgan fingerprint density at radius 1 is 1.03 bits per heavy atom. The molecule has 7 heteroatoms. The predicted molar refractivity (Wildman–Crippen MR) is 126 cm³/mol. The molecule has 0 aromatic heterocycles. The maximum atomic E-state index is 13.5. The molecule has 3 aromatic carbocycles. The van der Waals surface area contributed by atoms with Crippen LogP contribution in [0.1, 0.15) is 36.1 Å². The van der Waals surface area contributed by atoms with Gasteiger partial charge >= 0.3 is 0 Å². The van der Waals surface area contributed by atoms with Gasteiger partial charge < -0.3 is 14.9 Å². The van der Waals surface area contributed by atoms with Crippen LogP contribution in [0.5, 0.6) is 11.5 Å². The Kier molecular flexibility index (Phi) is 6.36. The van der Waals surface area contributed by atoms with Gasteiger partial charge in [0.05, 0.1) is 18.2 Å². The number of nitrogens with zero attached hydrogens (tertiary/aromatic N) is 1. The highest BCUT2D eigenvalue weighted by molar-refractivity contribution is 6.51. The molecule has 1 unspecified atom stereocenters. The number of rotatable bonds is 6. The average molecular weight is 461 g/mol. The van der Waals surface area contributed by atoms with Crippen LogP contribution in [0.4, 0.5) is 10.1 Å². The van der Waals surface area contributed by atoms with E-state index in [0.717, 1.165) is 12.0 Å². The lowest BCUT2D eigenvalue weighted by Crippen LogP contribution is -2.29. The number of phenolic OH excluding ortho intramolecular Hbond substituents is 1. The minimum Gasteiger partial charge on any atom is -0.508 e. The number of aliphatic hydroxyl groups excluding tert-OH is 1. The molecule has 4 rings (SSSR count). The molecule has 1 heterocycles. The molecule has 0 spiro atoms. The van der Waals surface area contributed by atoms with Gasteiger partial charge in [-0.1, -0.05) is 19.1 Å². The summed E-state index contributed by atoms with van der Waals surface area (Å²) in [4.78, 5) is 27.5. The molecular formula is C27H24FNO5. The van der Waals surface area contributed by atoms with Crippen molar-refractivity contribution in [3.05, 3.63) is 94.8 Å². The number of ether oxygens (including phenoxy) is 1. The van der Waals surface area contributed by atoms with Crippen LogP contribution in [0.3, 0.4) is 0 Å². The quantitative estimate of drug-likeness (QED) is 0.297. The molecule has 0 radical (unpaired) electrons. The normalized spacial score (nSPS) is 17.3. The number of phenols is 1. The fourth-order valence-electron chi connectivity index (χ4n) is 4.00. The van der Waals surface area contributed by atoms with Crippen molar-refractivity contribution in [2.24, 2.45) is 0 Å². The van der Waals surface area contributed by atoms with E-state index < -0.39 is 23.5 Å². The van der Waals surface area contributed by atoms with Crippen LogP contribution >= 0.6 is 0 Å². The van der Waals surface area contributed by atoms with Gasteiger partial charge in [-0.15, -0.1) is 0 Å². The summed E-state index contributed by atoms with van der Waals surface area (Å²) in [5.41, 5.74) is 1.85. The van der Waals surface area contributed by atoms with Crippen LogP contribution in [0, 0.1) is 12.7 Å². The third kappa shape index (κ3) is 4.24. The van der Waals surface area contributed by atoms with Crippen molar-refractivity contribution in [3.8, 4) is 11.5 Å². The van der Waals surface area contributed by atoms with Gasteiger partial charge in [-0.05, 0) is 79.1 Å². The zero-order valence-electron chi connectivity index (χ0n) is 18.8. The first kappa shape index (κ1) is 23.0. The van der Waals surface area contributed by atoms with Gasteiger partial charge in [-0.2, -0.15) is 0 Å². The van der Waals surface area contributed by atoms with Gasteiger partial charge in [0.25, 0.3) is 11.7 Å². The predicted octanol–water partition coefficient (Wildman–Crippen LogP) is 5.25.